The second-order valence-electron chi connectivity index (χ2n) is 7.40. The smallest absolute Gasteiger partial charge is 0.266 e. The lowest BCUT2D eigenvalue weighted by Crippen LogP contribution is -2.41. The van der Waals surface area contributed by atoms with Gasteiger partial charge in [-0.15, -0.1) is 0 Å². The summed E-state index contributed by atoms with van der Waals surface area (Å²) in [4.78, 5) is 30.9. The van der Waals surface area contributed by atoms with Gasteiger partial charge in [-0.05, 0) is 49.2 Å². The molecule has 1 aliphatic rings. The summed E-state index contributed by atoms with van der Waals surface area (Å²) in [7, 11) is 0. The molecule has 1 fully saturated rings. The van der Waals surface area contributed by atoms with Crippen LogP contribution in [0.1, 0.15) is 23.7 Å². The number of carbonyl (C=O) groups excluding carboxylic acids is 2. The van der Waals surface area contributed by atoms with E-state index in [1.54, 1.807) is 40.9 Å². The number of rotatable bonds is 6. The Kier molecular flexibility index (Phi) is 7.02. The van der Waals surface area contributed by atoms with Crippen molar-refractivity contribution in [3.05, 3.63) is 84.4 Å². The van der Waals surface area contributed by atoms with Crippen LogP contribution in [-0.2, 0) is 4.79 Å². The first kappa shape index (κ1) is 21.8. The van der Waals surface area contributed by atoms with Gasteiger partial charge in [-0.2, -0.15) is 0 Å². The Balaban J connectivity index is 1.48. The van der Waals surface area contributed by atoms with Gasteiger partial charge >= 0.3 is 0 Å². The van der Waals surface area contributed by atoms with Crippen LogP contribution in [-0.4, -0.2) is 40.7 Å². The minimum Gasteiger partial charge on any atom is -0.483 e. The average Bonchev–Trinajstić information content (AvgIpc) is 2.84. The van der Waals surface area contributed by atoms with Crippen molar-refractivity contribution in [3.8, 4) is 16.9 Å². The summed E-state index contributed by atoms with van der Waals surface area (Å²) in [5, 5.41) is 0.664. The van der Waals surface area contributed by atoms with E-state index in [9.17, 15) is 9.59 Å². The number of nitrogens with zero attached hydrogens (tertiary/aromatic N) is 2. The molecule has 3 aromatic rings. The van der Waals surface area contributed by atoms with E-state index in [2.05, 4.69) is 4.99 Å². The molecule has 4 rings (SSSR count). The number of amides is 1. The fraction of sp³-hybridized carbons (Fsp3) is 0.192. The molecule has 3 aromatic carbocycles. The molecule has 0 spiro atoms. The molecule has 1 heterocycles. The largest absolute Gasteiger partial charge is 0.483 e. The molecule has 0 aromatic heterocycles. The highest BCUT2D eigenvalue weighted by atomic mass is 32.2. The Morgan fingerprint density at radius 2 is 1.69 bits per heavy atom. The zero-order valence-corrected chi connectivity index (χ0v) is 18.7. The number of benzene rings is 3. The van der Waals surface area contributed by atoms with Gasteiger partial charge in [-0.25, -0.2) is 4.99 Å². The van der Waals surface area contributed by atoms with Gasteiger partial charge in [0.05, 0.1) is 5.69 Å². The van der Waals surface area contributed by atoms with E-state index in [4.69, 9.17) is 4.74 Å². The first-order valence-corrected chi connectivity index (χ1v) is 11.5. The summed E-state index contributed by atoms with van der Waals surface area (Å²) in [6.07, 6.45) is 0.902. The fourth-order valence-corrected chi connectivity index (χ4v) is 4.41. The van der Waals surface area contributed by atoms with E-state index < -0.39 is 0 Å². The number of carbonyl (C=O) groups is 2. The van der Waals surface area contributed by atoms with Gasteiger partial charge < -0.3 is 4.74 Å². The van der Waals surface area contributed by atoms with Gasteiger partial charge in [-0.3, -0.25) is 14.5 Å². The first-order valence-electron chi connectivity index (χ1n) is 10.5. The molecule has 32 heavy (non-hydrogen) atoms. The summed E-state index contributed by atoms with van der Waals surface area (Å²) in [6.45, 7) is 2.08. The van der Waals surface area contributed by atoms with Crippen LogP contribution in [0.5, 0.6) is 5.75 Å². The summed E-state index contributed by atoms with van der Waals surface area (Å²) < 4.78 is 5.95. The maximum Gasteiger partial charge on any atom is 0.266 e. The quantitative estimate of drug-likeness (QED) is 0.465. The van der Waals surface area contributed by atoms with E-state index in [1.165, 1.54) is 6.92 Å². The lowest BCUT2D eigenvalue weighted by molar-refractivity contribution is -0.129. The van der Waals surface area contributed by atoms with Crippen LogP contribution in [0, 0.1) is 0 Å². The van der Waals surface area contributed by atoms with Crippen molar-refractivity contribution in [2.45, 2.75) is 13.3 Å². The van der Waals surface area contributed by atoms with Crippen molar-refractivity contribution < 1.29 is 14.3 Å². The molecule has 0 bridgehead atoms. The van der Waals surface area contributed by atoms with Crippen LogP contribution in [0.4, 0.5) is 5.69 Å². The van der Waals surface area contributed by atoms with Crippen LogP contribution in [0.25, 0.3) is 11.1 Å². The molecule has 0 N–H and O–H groups in total. The van der Waals surface area contributed by atoms with Gasteiger partial charge in [0, 0.05) is 23.4 Å². The molecule has 0 aliphatic carbocycles. The van der Waals surface area contributed by atoms with Gasteiger partial charge in [0.1, 0.15) is 5.75 Å². The zero-order valence-electron chi connectivity index (χ0n) is 17.9. The molecular weight excluding hydrogens is 420 g/mol. The van der Waals surface area contributed by atoms with Crippen LogP contribution in [0.15, 0.2) is 83.9 Å². The minimum absolute atomic E-state index is 0.0148. The minimum atomic E-state index is -0.126. The van der Waals surface area contributed by atoms with Gasteiger partial charge in [-0.1, -0.05) is 60.3 Å². The van der Waals surface area contributed by atoms with E-state index >= 15 is 0 Å². The molecule has 0 saturated carbocycles. The SMILES string of the molecule is CC(=O)c1ccc(N=C2SCCCN2C(=O)COc2ccccc2-c2ccccc2)cc1. The summed E-state index contributed by atoms with van der Waals surface area (Å²) in [6, 6.07) is 24.8. The van der Waals surface area contributed by atoms with Gasteiger partial charge in [0.25, 0.3) is 5.91 Å². The highest BCUT2D eigenvalue weighted by molar-refractivity contribution is 8.13. The second kappa shape index (κ2) is 10.3. The average molecular weight is 445 g/mol. The molecule has 1 aliphatic heterocycles. The number of ketones is 1. The van der Waals surface area contributed by atoms with Gasteiger partial charge in [0.15, 0.2) is 17.6 Å². The van der Waals surface area contributed by atoms with E-state index in [-0.39, 0.29) is 18.3 Å². The maximum atomic E-state index is 13.0. The number of thioether (sulfide) groups is 1. The van der Waals surface area contributed by atoms with Crippen molar-refractivity contribution >= 4 is 34.3 Å². The Bertz CT molecular complexity index is 1130. The Hall–Kier alpha value is -3.38. The van der Waals surface area contributed by atoms with Crippen LogP contribution in [0.2, 0.25) is 0 Å². The molecule has 0 radical (unpaired) electrons. The third-order valence-corrected chi connectivity index (χ3v) is 6.17. The van der Waals surface area contributed by atoms with Crippen molar-refractivity contribution in [2.24, 2.45) is 4.99 Å². The molecule has 0 unspecified atom stereocenters. The lowest BCUT2D eigenvalue weighted by Gasteiger charge is -2.27. The highest BCUT2D eigenvalue weighted by Crippen LogP contribution is 2.30. The Labute approximate surface area is 192 Å². The number of aliphatic imine (C=N–C) groups is 1. The highest BCUT2D eigenvalue weighted by Gasteiger charge is 2.24. The number of hydrogen-bond acceptors (Lipinski definition) is 5. The van der Waals surface area contributed by atoms with Crippen LogP contribution in [0.3, 0.4) is 0 Å². The summed E-state index contributed by atoms with van der Waals surface area (Å²) in [5.41, 5.74) is 3.35. The molecule has 0 atom stereocenters. The number of ether oxygens (including phenoxy) is 1. The van der Waals surface area contributed by atoms with Crippen molar-refractivity contribution in [1.82, 2.24) is 4.90 Å². The molecule has 162 valence electrons. The summed E-state index contributed by atoms with van der Waals surface area (Å²) in [5.74, 6) is 1.47. The number of para-hydroxylation sites is 1. The van der Waals surface area contributed by atoms with E-state index in [0.29, 0.717) is 28.7 Å². The normalized spacial score (nSPS) is 14.9. The van der Waals surface area contributed by atoms with Crippen LogP contribution >= 0.6 is 11.8 Å². The van der Waals surface area contributed by atoms with Crippen LogP contribution < -0.4 is 4.74 Å². The monoisotopic (exact) mass is 444 g/mol. The fourth-order valence-electron chi connectivity index (χ4n) is 3.43. The molecular formula is C26H24N2O3S. The predicted octanol–water partition coefficient (Wildman–Crippen LogP) is 5.59. The van der Waals surface area contributed by atoms with E-state index in [1.807, 2.05) is 54.6 Å². The molecule has 1 saturated heterocycles. The number of hydrogen-bond donors (Lipinski definition) is 0. The van der Waals surface area contributed by atoms with E-state index in [0.717, 1.165) is 23.3 Å². The standard InChI is InChI=1S/C26H24N2O3S/c1-19(29)20-12-14-22(15-13-20)27-26-28(16-7-17-32-26)25(30)18-31-24-11-6-5-10-23(24)21-8-3-2-4-9-21/h2-6,8-15H,7,16-18H2,1H3. The zero-order chi connectivity index (χ0) is 22.3. The Morgan fingerprint density at radius 3 is 2.44 bits per heavy atom. The van der Waals surface area contributed by atoms with Gasteiger partial charge in [0.2, 0.25) is 0 Å². The number of Topliss-reactive ketones (excluding diaryl/α,β-unsaturated/α-hetero) is 1. The maximum absolute atomic E-state index is 13.0. The van der Waals surface area contributed by atoms with Crippen molar-refractivity contribution in [3.63, 3.8) is 0 Å². The predicted molar refractivity (Wildman–Crippen MR) is 130 cm³/mol. The molecule has 5 nitrogen and oxygen atoms in total. The van der Waals surface area contributed by atoms with Crippen molar-refractivity contribution in [2.75, 3.05) is 18.9 Å². The molecule has 6 heteroatoms. The lowest BCUT2D eigenvalue weighted by atomic mass is 10.1. The topological polar surface area (TPSA) is 59.0 Å². The third-order valence-electron chi connectivity index (χ3n) is 5.11. The Morgan fingerprint density at radius 1 is 0.969 bits per heavy atom. The molecule has 1 amide bonds. The number of amidine groups is 1. The van der Waals surface area contributed by atoms with Crippen molar-refractivity contribution in [1.29, 1.82) is 0 Å². The summed E-state index contributed by atoms with van der Waals surface area (Å²) >= 11 is 1.56. The first-order chi connectivity index (χ1) is 15.6. The second-order valence-corrected chi connectivity index (χ2v) is 8.46. The third kappa shape index (κ3) is 5.26.